The zero-order chi connectivity index (χ0) is 17.3. The Morgan fingerprint density at radius 1 is 1.17 bits per heavy atom. The van der Waals surface area contributed by atoms with E-state index >= 15 is 0 Å². The van der Waals surface area contributed by atoms with Crippen LogP contribution in [0.25, 0.3) is 0 Å². The number of benzene rings is 1. The molecule has 0 aliphatic carbocycles. The zero-order valence-corrected chi connectivity index (χ0v) is 14.9. The Labute approximate surface area is 143 Å². The van der Waals surface area contributed by atoms with Crippen molar-refractivity contribution in [3.8, 4) is 0 Å². The molecule has 1 aliphatic heterocycles. The lowest BCUT2D eigenvalue weighted by molar-refractivity contribution is 0.255. The lowest BCUT2D eigenvalue weighted by Crippen LogP contribution is -2.38. The van der Waals surface area contributed by atoms with E-state index < -0.39 is 10.0 Å². The van der Waals surface area contributed by atoms with E-state index in [1.165, 1.54) is 0 Å². The van der Waals surface area contributed by atoms with Crippen molar-refractivity contribution in [1.82, 2.24) is 9.29 Å². The van der Waals surface area contributed by atoms with E-state index in [1.807, 2.05) is 32.0 Å². The van der Waals surface area contributed by atoms with Gasteiger partial charge in [0.15, 0.2) is 0 Å². The lowest BCUT2D eigenvalue weighted by Gasteiger charge is -2.35. The maximum atomic E-state index is 13.1. The first kappa shape index (κ1) is 16.9. The summed E-state index contributed by atoms with van der Waals surface area (Å²) >= 11 is 0. The first-order valence-electron chi connectivity index (χ1n) is 8.20. The summed E-state index contributed by atoms with van der Waals surface area (Å²) < 4.78 is 27.8. The quantitative estimate of drug-likeness (QED) is 0.927. The Morgan fingerprint density at radius 2 is 1.88 bits per heavy atom. The predicted octanol–water partition coefficient (Wildman–Crippen LogP) is 3.20. The summed E-state index contributed by atoms with van der Waals surface area (Å²) in [6, 6.07) is 8.81. The number of pyridine rings is 1. The van der Waals surface area contributed by atoms with Gasteiger partial charge in [-0.25, -0.2) is 13.4 Å². The van der Waals surface area contributed by atoms with Gasteiger partial charge in [0.2, 0.25) is 10.0 Å². The van der Waals surface area contributed by atoms with E-state index in [0.29, 0.717) is 17.3 Å². The van der Waals surface area contributed by atoms with E-state index in [2.05, 4.69) is 4.98 Å². The molecule has 128 valence electrons. The summed E-state index contributed by atoms with van der Waals surface area (Å²) in [5.74, 6) is 0.488. The Bertz CT molecular complexity index is 832. The summed E-state index contributed by atoms with van der Waals surface area (Å²) in [6.45, 7) is 4.38. The van der Waals surface area contributed by atoms with Crippen LogP contribution in [-0.4, -0.2) is 24.3 Å². The van der Waals surface area contributed by atoms with Crippen LogP contribution in [0.1, 0.15) is 42.0 Å². The number of nitrogens with zero attached hydrogens (tertiary/aromatic N) is 2. The number of piperidine rings is 1. The molecular formula is C18H23N3O2S. The number of aromatic nitrogens is 1. The number of nitrogen functional groups attached to an aromatic ring is 1. The Kier molecular flexibility index (Phi) is 4.60. The molecule has 0 spiro atoms. The van der Waals surface area contributed by atoms with Crippen LogP contribution >= 0.6 is 0 Å². The Balaban J connectivity index is 2.00. The molecule has 2 aromatic rings. The lowest BCUT2D eigenvalue weighted by atomic mass is 9.98. The van der Waals surface area contributed by atoms with E-state index in [4.69, 9.17) is 5.73 Å². The highest BCUT2D eigenvalue weighted by Crippen LogP contribution is 2.35. The summed E-state index contributed by atoms with van der Waals surface area (Å²) in [5, 5.41) is 0. The molecule has 0 saturated carbocycles. The molecular weight excluding hydrogens is 322 g/mol. The molecule has 1 fully saturated rings. The molecule has 3 rings (SSSR count). The van der Waals surface area contributed by atoms with Gasteiger partial charge in [0.1, 0.15) is 5.82 Å². The van der Waals surface area contributed by atoms with Gasteiger partial charge in [-0.3, -0.25) is 0 Å². The Hall–Kier alpha value is -1.92. The number of anilines is 1. The van der Waals surface area contributed by atoms with Crippen LogP contribution < -0.4 is 5.73 Å². The number of rotatable bonds is 3. The molecule has 2 heterocycles. The maximum Gasteiger partial charge on any atom is 0.243 e. The first-order valence-corrected chi connectivity index (χ1v) is 9.64. The van der Waals surface area contributed by atoms with E-state index in [-0.39, 0.29) is 6.04 Å². The minimum Gasteiger partial charge on any atom is -0.383 e. The molecule has 1 atom stereocenters. The molecule has 0 amide bonds. The zero-order valence-electron chi connectivity index (χ0n) is 14.1. The van der Waals surface area contributed by atoms with Crippen LogP contribution in [0, 0.1) is 13.8 Å². The van der Waals surface area contributed by atoms with Gasteiger partial charge in [-0.1, -0.05) is 24.1 Å². The number of hydrogen-bond acceptors (Lipinski definition) is 4. The van der Waals surface area contributed by atoms with Crippen molar-refractivity contribution in [3.05, 3.63) is 53.2 Å². The SMILES string of the molecule is Cc1ccc(S(=O)(=O)N2CCCCC2c2cnc(N)c(C)c2)cc1. The second kappa shape index (κ2) is 6.53. The largest absolute Gasteiger partial charge is 0.383 e. The third-order valence-corrected chi connectivity index (χ3v) is 6.53. The molecule has 1 aliphatic rings. The van der Waals surface area contributed by atoms with Crippen LogP contribution in [0.5, 0.6) is 0 Å². The molecule has 1 unspecified atom stereocenters. The second-order valence-electron chi connectivity index (χ2n) is 6.41. The number of aryl methyl sites for hydroxylation is 2. The van der Waals surface area contributed by atoms with Crippen molar-refractivity contribution < 1.29 is 8.42 Å². The van der Waals surface area contributed by atoms with Gasteiger partial charge >= 0.3 is 0 Å². The van der Waals surface area contributed by atoms with Gasteiger partial charge in [-0.05, 0) is 56.0 Å². The number of hydrogen-bond donors (Lipinski definition) is 1. The first-order chi connectivity index (χ1) is 11.4. The average molecular weight is 345 g/mol. The highest BCUT2D eigenvalue weighted by Gasteiger charge is 2.34. The van der Waals surface area contributed by atoms with E-state index in [0.717, 1.165) is 36.0 Å². The van der Waals surface area contributed by atoms with Gasteiger partial charge in [0.25, 0.3) is 0 Å². The molecule has 5 nitrogen and oxygen atoms in total. The van der Waals surface area contributed by atoms with Crippen molar-refractivity contribution in [3.63, 3.8) is 0 Å². The third kappa shape index (κ3) is 3.16. The van der Waals surface area contributed by atoms with Crippen LogP contribution in [0.2, 0.25) is 0 Å². The number of nitrogens with two attached hydrogens (primary N) is 1. The van der Waals surface area contributed by atoms with Crippen molar-refractivity contribution in [1.29, 1.82) is 0 Å². The molecule has 1 saturated heterocycles. The number of sulfonamides is 1. The minimum absolute atomic E-state index is 0.183. The second-order valence-corrected chi connectivity index (χ2v) is 8.30. The molecule has 0 bridgehead atoms. The standard InChI is InChI=1S/C18H23N3O2S/c1-13-6-8-16(9-7-13)24(22,23)21-10-4-3-5-17(21)15-11-14(2)18(19)20-12-15/h6-9,11-12,17H,3-5,10H2,1-2H3,(H2,19,20). The minimum atomic E-state index is -3.52. The van der Waals surface area contributed by atoms with Gasteiger partial charge < -0.3 is 5.73 Å². The van der Waals surface area contributed by atoms with Crippen LogP contribution in [0.15, 0.2) is 41.4 Å². The predicted molar refractivity (Wildman–Crippen MR) is 95.0 cm³/mol. The smallest absolute Gasteiger partial charge is 0.243 e. The fourth-order valence-electron chi connectivity index (χ4n) is 3.16. The van der Waals surface area contributed by atoms with Gasteiger partial charge in [0.05, 0.1) is 10.9 Å². The molecule has 1 aromatic heterocycles. The third-order valence-electron chi connectivity index (χ3n) is 4.61. The molecule has 24 heavy (non-hydrogen) atoms. The fraction of sp³-hybridized carbons (Fsp3) is 0.389. The molecule has 2 N–H and O–H groups in total. The topological polar surface area (TPSA) is 76.3 Å². The maximum absolute atomic E-state index is 13.1. The summed E-state index contributed by atoms with van der Waals surface area (Å²) in [4.78, 5) is 4.56. The van der Waals surface area contributed by atoms with Crippen molar-refractivity contribution in [2.45, 2.75) is 44.0 Å². The van der Waals surface area contributed by atoms with Gasteiger partial charge in [-0.15, -0.1) is 0 Å². The highest BCUT2D eigenvalue weighted by atomic mass is 32.2. The Morgan fingerprint density at radius 3 is 2.54 bits per heavy atom. The van der Waals surface area contributed by atoms with Gasteiger partial charge in [0, 0.05) is 12.7 Å². The van der Waals surface area contributed by atoms with Crippen LogP contribution in [0.4, 0.5) is 5.82 Å². The fourth-order valence-corrected chi connectivity index (χ4v) is 4.84. The molecule has 0 radical (unpaired) electrons. The highest BCUT2D eigenvalue weighted by molar-refractivity contribution is 7.89. The average Bonchev–Trinajstić information content (AvgIpc) is 2.58. The van der Waals surface area contributed by atoms with Crippen molar-refractivity contribution in [2.75, 3.05) is 12.3 Å². The van der Waals surface area contributed by atoms with Crippen molar-refractivity contribution in [2.24, 2.45) is 0 Å². The van der Waals surface area contributed by atoms with Crippen LogP contribution in [0.3, 0.4) is 0 Å². The van der Waals surface area contributed by atoms with Crippen LogP contribution in [-0.2, 0) is 10.0 Å². The van der Waals surface area contributed by atoms with E-state index in [1.54, 1.807) is 22.6 Å². The summed E-state index contributed by atoms with van der Waals surface area (Å²) in [6.07, 6.45) is 4.39. The van der Waals surface area contributed by atoms with Gasteiger partial charge in [-0.2, -0.15) is 4.31 Å². The molecule has 6 heteroatoms. The van der Waals surface area contributed by atoms with Crippen molar-refractivity contribution >= 4 is 15.8 Å². The summed E-state index contributed by atoms with van der Waals surface area (Å²) in [7, 11) is -3.52. The molecule has 1 aromatic carbocycles. The van der Waals surface area contributed by atoms with E-state index in [9.17, 15) is 8.42 Å². The summed E-state index contributed by atoms with van der Waals surface area (Å²) in [5.41, 5.74) is 8.64. The normalized spacial score (nSPS) is 19.3. The monoisotopic (exact) mass is 345 g/mol.